The molecule has 1 aliphatic carbocycles. The van der Waals surface area contributed by atoms with Crippen molar-refractivity contribution in [2.24, 2.45) is 5.92 Å². The lowest BCUT2D eigenvalue weighted by atomic mass is 10.0. The third-order valence-corrected chi connectivity index (χ3v) is 3.55. The van der Waals surface area contributed by atoms with E-state index in [0.29, 0.717) is 5.56 Å². The molecule has 0 spiro atoms. The molecule has 0 amide bonds. The van der Waals surface area contributed by atoms with Crippen LogP contribution in [0.15, 0.2) is 12.1 Å². The van der Waals surface area contributed by atoms with Crippen molar-refractivity contribution in [1.29, 1.82) is 0 Å². The van der Waals surface area contributed by atoms with Crippen LogP contribution in [0.1, 0.15) is 21.8 Å². The van der Waals surface area contributed by atoms with E-state index in [2.05, 4.69) is 4.74 Å². The van der Waals surface area contributed by atoms with E-state index in [9.17, 15) is 13.6 Å². The molecule has 3 rings (SSSR count). The molecule has 1 aliphatic heterocycles. The predicted molar refractivity (Wildman–Crippen MR) is 58.9 cm³/mol. The Labute approximate surface area is 102 Å². The molecular weight excluding hydrogens is 244 g/mol. The predicted octanol–water partition coefficient (Wildman–Crippen LogP) is 1.80. The van der Waals surface area contributed by atoms with Gasteiger partial charge in [-0.25, -0.2) is 13.6 Å². The van der Waals surface area contributed by atoms with Gasteiger partial charge in [0.15, 0.2) is 0 Å². The van der Waals surface area contributed by atoms with Gasteiger partial charge in [-0.15, -0.1) is 0 Å². The average molecular weight is 255 g/mol. The van der Waals surface area contributed by atoms with E-state index in [1.54, 1.807) is 0 Å². The van der Waals surface area contributed by atoms with Crippen molar-refractivity contribution in [2.45, 2.75) is 11.8 Å². The molecule has 0 aromatic heterocycles. The van der Waals surface area contributed by atoms with Crippen LogP contribution >= 0.6 is 0 Å². The van der Waals surface area contributed by atoms with Crippen LogP contribution in [0.2, 0.25) is 0 Å². The van der Waals surface area contributed by atoms with Crippen LogP contribution in [0.5, 0.6) is 5.75 Å². The minimum Gasteiger partial charge on any atom is -0.492 e. The molecule has 2 aliphatic rings. The van der Waals surface area contributed by atoms with Crippen molar-refractivity contribution in [1.82, 2.24) is 0 Å². The molecule has 1 fully saturated rings. The zero-order chi connectivity index (χ0) is 13.1. The number of carbonyl (C=O) groups excluding carboxylic acids is 1. The summed E-state index contributed by atoms with van der Waals surface area (Å²) in [6, 6.07) is 2.93. The molecule has 0 bridgehead atoms. The van der Waals surface area contributed by atoms with Crippen molar-refractivity contribution >= 4 is 11.7 Å². The number of hydrogen-bond donors (Lipinski definition) is 1. The van der Waals surface area contributed by atoms with Crippen molar-refractivity contribution in [3.05, 3.63) is 23.3 Å². The van der Waals surface area contributed by atoms with Gasteiger partial charge in [0.2, 0.25) is 0 Å². The number of nitrogen functional groups attached to an aromatic ring is 1. The Kier molecular flexibility index (Phi) is 2.09. The van der Waals surface area contributed by atoms with Gasteiger partial charge in [-0.1, -0.05) is 6.07 Å². The molecule has 0 radical (unpaired) electrons. The second-order valence-corrected chi connectivity index (χ2v) is 4.51. The van der Waals surface area contributed by atoms with Gasteiger partial charge in [-0.05, 0) is 6.07 Å². The highest BCUT2D eigenvalue weighted by atomic mass is 19.3. The number of benzene rings is 1. The van der Waals surface area contributed by atoms with Gasteiger partial charge in [-0.2, -0.15) is 0 Å². The molecular formula is C12H11F2NO3. The number of halogens is 2. The Morgan fingerprint density at radius 2 is 2.28 bits per heavy atom. The number of fused-ring (bicyclic) bond motifs is 3. The zero-order valence-corrected chi connectivity index (χ0v) is 9.57. The maximum absolute atomic E-state index is 13.5. The summed E-state index contributed by atoms with van der Waals surface area (Å²) in [7, 11) is 1.21. The Hall–Kier alpha value is -1.85. The van der Waals surface area contributed by atoms with Crippen molar-refractivity contribution in [3.8, 4) is 5.75 Å². The van der Waals surface area contributed by atoms with E-state index in [4.69, 9.17) is 10.5 Å². The molecule has 6 heteroatoms. The molecule has 18 heavy (non-hydrogen) atoms. The van der Waals surface area contributed by atoms with Gasteiger partial charge in [0.25, 0.3) is 5.92 Å². The molecule has 1 aromatic carbocycles. The summed E-state index contributed by atoms with van der Waals surface area (Å²) < 4.78 is 36.8. The summed E-state index contributed by atoms with van der Waals surface area (Å²) in [5.41, 5.74) is 6.23. The van der Waals surface area contributed by atoms with Crippen LogP contribution < -0.4 is 10.5 Å². The molecule has 1 saturated carbocycles. The van der Waals surface area contributed by atoms with Gasteiger partial charge in [0, 0.05) is 11.3 Å². The van der Waals surface area contributed by atoms with Gasteiger partial charge in [0.1, 0.15) is 11.3 Å². The average Bonchev–Trinajstić information content (AvgIpc) is 2.91. The zero-order valence-electron chi connectivity index (χ0n) is 9.57. The second kappa shape index (κ2) is 3.34. The lowest BCUT2D eigenvalue weighted by Crippen LogP contribution is -2.15. The summed E-state index contributed by atoms with van der Waals surface area (Å²) in [5, 5.41) is 0. The number of methoxy groups -OCH3 is 1. The smallest absolute Gasteiger partial charge is 0.343 e. The van der Waals surface area contributed by atoms with Crippen LogP contribution in [-0.4, -0.2) is 25.6 Å². The number of anilines is 1. The van der Waals surface area contributed by atoms with Crippen LogP contribution in [0.3, 0.4) is 0 Å². The van der Waals surface area contributed by atoms with E-state index >= 15 is 0 Å². The first kappa shape index (κ1) is 11.3. The maximum atomic E-state index is 13.5. The highest BCUT2D eigenvalue weighted by Gasteiger charge is 2.71. The Balaban J connectivity index is 2.14. The summed E-state index contributed by atoms with van der Waals surface area (Å²) in [6.07, 6.45) is 0. The number of alkyl halides is 2. The molecule has 4 nitrogen and oxygen atoms in total. The van der Waals surface area contributed by atoms with Crippen molar-refractivity contribution < 1.29 is 23.0 Å². The number of hydrogen-bond acceptors (Lipinski definition) is 4. The lowest BCUT2D eigenvalue weighted by Gasteiger charge is -2.19. The first-order valence-electron chi connectivity index (χ1n) is 5.49. The standard InChI is InChI=1S/C12H11F2NO3/c1-17-11(16)8-7(15)3-2-5-9-6(12(9,13)14)4-18-10(5)8/h2-3,6,9H,4,15H2,1H3. The highest BCUT2D eigenvalue weighted by molar-refractivity contribution is 5.99. The Morgan fingerprint density at radius 3 is 2.94 bits per heavy atom. The number of esters is 1. The Bertz CT molecular complexity index is 544. The summed E-state index contributed by atoms with van der Waals surface area (Å²) in [5.74, 6) is -4.95. The number of nitrogens with two attached hydrogens (primary N) is 1. The molecule has 1 heterocycles. The minimum absolute atomic E-state index is 0.0381. The van der Waals surface area contributed by atoms with Crippen LogP contribution in [0.25, 0.3) is 0 Å². The molecule has 2 atom stereocenters. The topological polar surface area (TPSA) is 61.5 Å². The largest absolute Gasteiger partial charge is 0.492 e. The molecule has 1 aromatic rings. The monoisotopic (exact) mass is 255 g/mol. The summed E-state index contributed by atoms with van der Waals surface area (Å²) in [4.78, 5) is 11.6. The molecule has 0 saturated heterocycles. The fourth-order valence-corrected chi connectivity index (χ4v) is 2.52. The third-order valence-electron chi connectivity index (χ3n) is 3.55. The Morgan fingerprint density at radius 1 is 1.56 bits per heavy atom. The summed E-state index contributed by atoms with van der Waals surface area (Å²) >= 11 is 0. The van der Waals surface area contributed by atoms with Crippen molar-refractivity contribution in [3.63, 3.8) is 0 Å². The lowest BCUT2D eigenvalue weighted by molar-refractivity contribution is 0.0595. The van der Waals surface area contributed by atoms with Gasteiger partial charge in [-0.3, -0.25) is 0 Å². The van der Waals surface area contributed by atoms with Gasteiger partial charge in [0.05, 0.1) is 25.6 Å². The fourth-order valence-electron chi connectivity index (χ4n) is 2.52. The molecule has 2 unspecified atom stereocenters. The third kappa shape index (κ3) is 1.26. The first-order valence-corrected chi connectivity index (χ1v) is 5.49. The first-order chi connectivity index (χ1) is 8.48. The highest BCUT2D eigenvalue weighted by Crippen LogP contribution is 2.65. The van der Waals surface area contributed by atoms with Crippen LogP contribution in [-0.2, 0) is 4.74 Å². The van der Waals surface area contributed by atoms with Crippen LogP contribution in [0.4, 0.5) is 14.5 Å². The quantitative estimate of drug-likeness (QED) is 0.614. The summed E-state index contributed by atoms with van der Waals surface area (Å²) in [6.45, 7) is -0.0991. The molecule has 2 N–H and O–H groups in total. The maximum Gasteiger partial charge on any atom is 0.343 e. The minimum atomic E-state index is -2.76. The van der Waals surface area contributed by atoms with Gasteiger partial charge >= 0.3 is 5.97 Å². The van der Waals surface area contributed by atoms with Gasteiger partial charge < -0.3 is 15.2 Å². The van der Waals surface area contributed by atoms with E-state index in [1.807, 2.05) is 0 Å². The SMILES string of the molecule is COC(=O)c1c(N)ccc2c1OCC1C2C1(F)F. The number of ether oxygens (including phenoxy) is 2. The second-order valence-electron chi connectivity index (χ2n) is 4.51. The van der Waals surface area contributed by atoms with E-state index in [1.165, 1.54) is 19.2 Å². The van der Waals surface area contributed by atoms with Crippen LogP contribution in [0, 0.1) is 5.92 Å². The van der Waals surface area contributed by atoms with Crippen molar-refractivity contribution in [2.75, 3.05) is 19.5 Å². The van der Waals surface area contributed by atoms with E-state index < -0.39 is 23.7 Å². The van der Waals surface area contributed by atoms with E-state index in [-0.39, 0.29) is 23.6 Å². The number of carbonyl (C=O) groups is 1. The normalized spacial score (nSPS) is 26.6. The molecule has 96 valence electrons. The van der Waals surface area contributed by atoms with E-state index in [0.717, 1.165) is 0 Å². The fraction of sp³-hybridized carbons (Fsp3) is 0.417. The number of rotatable bonds is 1.